The molecule has 0 radical (unpaired) electrons. The zero-order valence-corrected chi connectivity index (χ0v) is 14.6. The summed E-state index contributed by atoms with van der Waals surface area (Å²) in [5.74, 6) is 2.04. The lowest BCUT2D eigenvalue weighted by atomic mass is 9.91. The lowest BCUT2D eigenvalue weighted by Crippen LogP contribution is -2.52. The van der Waals surface area contributed by atoms with Crippen LogP contribution >= 0.6 is 15.9 Å². The number of hydrogen-bond donors (Lipinski definition) is 0. The highest BCUT2D eigenvalue weighted by Gasteiger charge is 2.43. The third-order valence-corrected chi connectivity index (χ3v) is 4.46. The van der Waals surface area contributed by atoms with E-state index in [2.05, 4.69) is 22.9 Å². The van der Waals surface area contributed by atoms with Gasteiger partial charge in [0, 0.05) is 17.9 Å². The maximum atomic E-state index is 6.12. The summed E-state index contributed by atoms with van der Waals surface area (Å²) in [5, 5.41) is 0. The first-order chi connectivity index (χ1) is 10.1. The molecule has 0 amide bonds. The fourth-order valence-electron chi connectivity index (χ4n) is 2.39. The molecular formula is C16H23BrO4. The van der Waals surface area contributed by atoms with Gasteiger partial charge in [0.05, 0.1) is 14.2 Å². The quantitative estimate of drug-likeness (QED) is 0.696. The van der Waals surface area contributed by atoms with E-state index in [-0.39, 0.29) is 12.2 Å². The van der Waals surface area contributed by atoms with Crippen molar-refractivity contribution in [2.45, 2.75) is 43.7 Å². The number of benzene rings is 1. The number of alkyl halides is 1. The summed E-state index contributed by atoms with van der Waals surface area (Å²) >= 11 is 3.63. The first-order valence-electron chi connectivity index (χ1n) is 7.25. The molecule has 0 spiro atoms. The van der Waals surface area contributed by atoms with E-state index in [1.807, 2.05) is 19.1 Å². The molecule has 0 saturated heterocycles. The van der Waals surface area contributed by atoms with Gasteiger partial charge in [-0.2, -0.15) is 0 Å². The molecule has 4 nitrogen and oxygen atoms in total. The lowest BCUT2D eigenvalue weighted by molar-refractivity contribution is -0.0773. The summed E-state index contributed by atoms with van der Waals surface area (Å²) in [5.41, 5.74) is 1.07. The van der Waals surface area contributed by atoms with Crippen LogP contribution in [0.15, 0.2) is 12.1 Å². The number of ether oxygens (including phenoxy) is 4. The van der Waals surface area contributed by atoms with Gasteiger partial charge in [-0.25, -0.2) is 0 Å². The number of halogens is 1. The molecule has 1 aliphatic rings. The standard InChI is InChI=1S/C16H23BrO4/c1-5-6-20-15-11(17)9-14(15)21-16-12(18-3)7-10(2)8-13(16)19-4/h7-8,11,14-15H,5-6,9H2,1-4H3. The van der Waals surface area contributed by atoms with E-state index in [1.165, 1.54) is 0 Å². The fraction of sp³-hybridized carbons (Fsp3) is 0.625. The van der Waals surface area contributed by atoms with Crippen molar-refractivity contribution in [2.75, 3.05) is 20.8 Å². The van der Waals surface area contributed by atoms with Crippen molar-refractivity contribution in [1.82, 2.24) is 0 Å². The van der Waals surface area contributed by atoms with Gasteiger partial charge in [0.25, 0.3) is 0 Å². The summed E-state index contributed by atoms with van der Waals surface area (Å²) in [6, 6.07) is 3.90. The summed E-state index contributed by atoms with van der Waals surface area (Å²) in [6.07, 6.45) is 2.00. The molecule has 0 aromatic heterocycles. The van der Waals surface area contributed by atoms with E-state index < -0.39 is 0 Å². The Kier molecular flexibility index (Phi) is 5.76. The van der Waals surface area contributed by atoms with Crippen molar-refractivity contribution < 1.29 is 18.9 Å². The molecule has 3 unspecified atom stereocenters. The molecule has 0 aliphatic heterocycles. The van der Waals surface area contributed by atoms with Gasteiger partial charge in [-0.3, -0.25) is 0 Å². The summed E-state index contributed by atoms with van der Waals surface area (Å²) in [6.45, 7) is 4.85. The maximum absolute atomic E-state index is 6.12. The first kappa shape index (κ1) is 16.4. The third kappa shape index (κ3) is 3.64. The molecule has 0 heterocycles. The Morgan fingerprint density at radius 2 is 1.81 bits per heavy atom. The molecule has 0 N–H and O–H groups in total. The summed E-state index contributed by atoms with van der Waals surface area (Å²) in [7, 11) is 3.28. The molecule has 5 heteroatoms. The minimum atomic E-state index is 0.0198. The molecule has 1 saturated carbocycles. The van der Waals surface area contributed by atoms with Crippen LogP contribution in [0.3, 0.4) is 0 Å². The van der Waals surface area contributed by atoms with Gasteiger partial charge in [-0.1, -0.05) is 22.9 Å². The number of aryl methyl sites for hydroxylation is 1. The van der Waals surface area contributed by atoms with Crippen LogP contribution in [-0.2, 0) is 4.74 Å². The molecule has 2 rings (SSSR count). The summed E-state index contributed by atoms with van der Waals surface area (Å²) < 4.78 is 22.8. The first-order valence-corrected chi connectivity index (χ1v) is 8.17. The van der Waals surface area contributed by atoms with Crippen LogP contribution in [0.2, 0.25) is 0 Å². The smallest absolute Gasteiger partial charge is 0.203 e. The zero-order valence-electron chi connectivity index (χ0n) is 13.0. The van der Waals surface area contributed by atoms with E-state index in [9.17, 15) is 0 Å². The van der Waals surface area contributed by atoms with E-state index in [1.54, 1.807) is 14.2 Å². The SMILES string of the molecule is CCCOC1C(Br)CC1Oc1c(OC)cc(C)cc1OC. The van der Waals surface area contributed by atoms with Crippen LogP contribution < -0.4 is 14.2 Å². The third-order valence-electron chi connectivity index (χ3n) is 3.57. The molecule has 0 bridgehead atoms. The van der Waals surface area contributed by atoms with Crippen molar-refractivity contribution >= 4 is 15.9 Å². The molecule has 3 atom stereocenters. The normalized spacial score (nSPS) is 24.3. The Hall–Kier alpha value is -0.940. The monoisotopic (exact) mass is 358 g/mol. The van der Waals surface area contributed by atoms with Crippen molar-refractivity contribution in [2.24, 2.45) is 0 Å². The minimum Gasteiger partial charge on any atom is -0.493 e. The highest BCUT2D eigenvalue weighted by Crippen LogP contribution is 2.42. The Labute approximate surface area is 134 Å². The molecule has 21 heavy (non-hydrogen) atoms. The molecule has 1 aromatic rings. The molecule has 1 aliphatic carbocycles. The second kappa shape index (κ2) is 7.36. The molecule has 1 aromatic carbocycles. The van der Waals surface area contributed by atoms with Crippen molar-refractivity contribution in [3.63, 3.8) is 0 Å². The predicted molar refractivity (Wildman–Crippen MR) is 86.1 cm³/mol. The van der Waals surface area contributed by atoms with Crippen LogP contribution in [0.5, 0.6) is 17.2 Å². The summed E-state index contributed by atoms with van der Waals surface area (Å²) in [4.78, 5) is 0.344. The Bertz CT molecular complexity index is 452. The van der Waals surface area contributed by atoms with Crippen molar-refractivity contribution in [1.29, 1.82) is 0 Å². The highest BCUT2D eigenvalue weighted by molar-refractivity contribution is 9.09. The fourth-order valence-corrected chi connectivity index (χ4v) is 3.25. The predicted octanol–water partition coefficient (Wildman–Crippen LogP) is 3.72. The minimum absolute atomic E-state index is 0.0198. The Balaban J connectivity index is 2.15. The zero-order chi connectivity index (χ0) is 15.4. The van der Waals surface area contributed by atoms with Crippen LogP contribution in [0, 0.1) is 6.92 Å². The van der Waals surface area contributed by atoms with E-state index >= 15 is 0 Å². The maximum Gasteiger partial charge on any atom is 0.203 e. The van der Waals surface area contributed by atoms with E-state index in [4.69, 9.17) is 18.9 Å². The van der Waals surface area contributed by atoms with Crippen molar-refractivity contribution in [3.05, 3.63) is 17.7 Å². The second-order valence-corrected chi connectivity index (χ2v) is 6.42. The number of methoxy groups -OCH3 is 2. The van der Waals surface area contributed by atoms with Gasteiger partial charge in [-0.15, -0.1) is 0 Å². The van der Waals surface area contributed by atoms with Gasteiger partial charge >= 0.3 is 0 Å². The number of hydrogen-bond acceptors (Lipinski definition) is 4. The van der Waals surface area contributed by atoms with Gasteiger partial charge in [0.2, 0.25) is 5.75 Å². The highest BCUT2D eigenvalue weighted by atomic mass is 79.9. The van der Waals surface area contributed by atoms with Crippen LogP contribution in [0.4, 0.5) is 0 Å². The van der Waals surface area contributed by atoms with Gasteiger partial charge in [0.15, 0.2) is 11.5 Å². The molecule has 1 fully saturated rings. The van der Waals surface area contributed by atoms with Gasteiger partial charge in [-0.05, 0) is 31.0 Å². The van der Waals surface area contributed by atoms with Gasteiger partial charge < -0.3 is 18.9 Å². The average Bonchev–Trinajstić information content (AvgIpc) is 2.47. The number of rotatable bonds is 7. The molecular weight excluding hydrogens is 336 g/mol. The largest absolute Gasteiger partial charge is 0.493 e. The van der Waals surface area contributed by atoms with Crippen molar-refractivity contribution in [3.8, 4) is 17.2 Å². The van der Waals surface area contributed by atoms with Crippen LogP contribution in [0.25, 0.3) is 0 Å². The Morgan fingerprint density at radius 3 is 2.29 bits per heavy atom. The average molecular weight is 359 g/mol. The van der Waals surface area contributed by atoms with Crippen LogP contribution in [-0.4, -0.2) is 37.9 Å². The van der Waals surface area contributed by atoms with E-state index in [0.717, 1.165) is 25.0 Å². The van der Waals surface area contributed by atoms with Gasteiger partial charge in [0.1, 0.15) is 12.2 Å². The topological polar surface area (TPSA) is 36.9 Å². The lowest BCUT2D eigenvalue weighted by Gasteiger charge is -2.41. The van der Waals surface area contributed by atoms with Crippen LogP contribution in [0.1, 0.15) is 25.3 Å². The second-order valence-electron chi connectivity index (χ2n) is 5.24. The Morgan fingerprint density at radius 1 is 1.19 bits per heavy atom. The van der Waals surface area contributed by atoms with E-state index in [0.29, 0.717) is 22.1 Å². The molecule has 118 valence electrons.